The summed E-state index contributed by atoms with van der Waals surface area (Å²) in [5.41, 5.74) is 0.0669. The van der Waals surface area contributed by atoms with Gasteiger partial charge in [0.15, 0.2) is 0 Å². The molecule has 7 heteroatoms. The Hall–Kier alpha value is -1.11. The summed E-state index contributed by atoms with van der Waals surface area (Å²) in [4.78, 5) is 11.4. The topological polar surface area (TPSA) is 80.7 Å². The number of carbonyl (C=O) groups is 1. The van der Waals surface area contributed by atoms with Crippen molar-refractivity contribution < 1.29 is 23.1 Å². The van der Waals surface area contributed by atoms with E-state index >= 15 is 0 Å². The Kier molecular flexibility index (Phi) is 6.17. The number of hydrogen-bond acceptors (Lipinski definition) is 4. The van der Waals surface area contributed by atoms with Gasteiger partial charge in [-0.25, -0.2) is 8.42 Å². The maximum Gasteiger partial charge on any atom is 0.309 e. The van der Waals surface area contributed by atoms with Crippen LogP contribution in [0.4, 0.5) is 0 Å². The molecule has 0 aliphatic heterocycles. The van der Waals surface area contributed by atoms with Gasteiger partial charge < -0.3 is 9.84 Å². The Morgan fingerprint density at radius 2 is 1.92 bits per heavy atom. The molecule has 0 bridgehead atoms. The highest BCUT2D eigenvalue weighted by Gasteiger charge is 2.55. The molecule has 1 saturated carbocycles. The molecule has 1 unspecified atom stereocenters. The fourth-order valence-corrected chi connectivity index (χ4v) is 4.81. The Bertz CT molecular complexity index is 695. The van der Waals surface area contributed by atoms with E-state index in [1.807, 2.05) is 30.3 Å². The van der Waals surface area contributed by atoms with E-state index in [-0.39, 0.29) is 5.92 Å². The average Bonchev–Trinajstić information content (AvgIpc) is 3.28. The minimum atomic E-state index is -3.67. The Morgan fingerprint density at radius 3 is 2.40 bits per heavy atom. The van der Waals surface area contributed by atoms with Crippen molar-refractivity contribution in [2.45, 2.75) is 50.9 Å². The number of benzene rings is 1. The number of aliphatic carboxylic acids is 1. The minimum Gasteiger partial charge on any atom is -0.481 e. The van der Waals surface area contributed by atoms with Crippen LogP contribution in [0, 0.1) is 11.3 Å². The van der Waals surface area contributed by atoms with Crippen molar-refractivity contribution >= 4 is 25.7 Å². The standard InChI is InChI=1S/C18H25ClO5S/c1-17(2,16(20)21)10-15(11-18(8-9-18)25(19,22)23)13-24-12-14-6-4-3-5-7-14/h3-7,15H,8-13H2,1-2H3,(H,20,21). The molecule has 1 aromatic carbocycles. The fraction of sp³-hybridized carbons (Fsp3) is 0.611. The van der Waals surface area contributed by atoms with Gasteiger partial charge in [-0.2, -0.15) is 0 Å². The third kappa shape index (κ3) is 5.43. The van der Waals surface area contributed by atoms with Crippen LogP contribution >= 0.6 is 10.7 Å². The van der Waals surface area contributed by atoms with Crippen LogP contribution in [0.2, 0.25) is 0 Å². The van der Waals surface area contributed by atoms with Crippen LogP contribution in [0.25, 0.3) is 0 Å². The van der Waals surface area contributed by atoms with Gasteiger partial charge >= 0.3 is 5.97 Å². The van der Waals surface area contributed by atoms with E-state index in [0.29, 0.717) is 38.9 Å². The van der Waals surface area contributed by atoms with Crippen molar-refractivity contribution in [2.24, 2.45) is 11.3 Å². The normalized spacial score (nSPS) is 17.9. The van der Waals surface area contributed by atoms with Crippen LogP contribution in [-0.4, -0.2) is 30.8 Å². The zero-order valence-corrected chi connectivity index (χ0v) is 16.1. The molecule has 0 spiro atoms. The molecule has 1 fully saturated rings. The number of halogens is 1. The second kappa shape index (κ2) is 7.64. The molecule has 0 heterocycles. The summed E-state index contributed by atoms with van der Waals surface area (Å²) in [7, 11) is 1.94. The Morgan fingerprint density at radius 1 is 1.32 bits per heavy atom. The highest BCUT2D eigenvalue weighted by Crippen LogP contribution is 2.51. The SMILES string of the molecule is CC(C)(CC(COCc1ccccc1)CC1(S(=O)(=O)Cl)CC1)C(=O)O. The quantitative estimate of drug-likeness (QED) is 0.616. The molecule has 0 aromatic heterocycles. The maximum atomic E-state index is 11.9. The number of hydrogen-bond donors (Lipinski definition) is 1. The second-order valence-electron chi connectivity index (χ2n) is 7.58. The lowest BCUT2D eigenvalue weighted by molar-refractivity contribution is -0.148. The molecule has 1 aromatic rings. The second-order valence-corrected chi connectivity index (χ2v) is 10.5. The first-order valence-electron chi connectivity index (χ1n) is 8.35. The molecule has 0 amide bonds. The van der Waals surface area contributed by atoms with Gasteiger partial charge in [0.1, 0.15) is 0 Å². The molecular formula is C18H25ClO5S. The van der Waals surface area contributed by atoms with Gasteiger partial charge in [0.25, 0.3) is 0 Å². The Labute approximate surface area is 153 Å². The molecule has 1 atom stereocenters. The van der Waals surface area contributed by atoms with Crippen LogP contribution in [0.3, 0.4) is 0 Å². The predicted molar refractivity (Wildman–Crippen MR) is 97.0 cm³/mol. The molecule has 25 heavy (non-hydrogen) atoms. The van der Waals surface area contributed by atoms with Crippen molar-refractivity contribution in [1.82, 2.24) is 0 Å². The first-order chi connectivity index (χ1) is 11.6. The molecule has 5 nitrogen and oxygen atoms in total. The zero-order chi connectivity index (χ0) is 18.7. The molecule has 1 aliphatic carbocycles. The van der Waals surface area contributed by atoms with Gasteiger partial charge in [0.2, 0.25) is 9.05 Å². The fourth-order valence-electron chi connectivity index (χ4n) is 3.13. The highest BCUT2D eigenvalue weighted by molar-refractivity contribution is 8.15. The summed E-state index contributed by atoms with van der Waals surface area (Å²) in [5, 5.41) is 9.38. The number of carboxylic acids is 1. The molecule has 1 aliphatic rings. The molecule has 1 N–H and O–H groups in total. The summed E-state index contributed by atoms with van der Waals surface area (Å²) in [6.07, 6.45) is 1.73. The summed E-state index contributed by atoms with van der Waals surface area (Å²) in [6.45, 7) is 4.01. The first kappa shape index (κ1) is 20.2. The van der Waals surface area contributed by atoms with Crippen LogP contribution in [0.1, 0.15) is 45.1 Å². The van der Waals surface area contributed by atoms with E-state index < -0.39 is 25.2 Å². The number of rotatable bonds is 10. The monoisotopic (exact) mass is 388 g/mol. The van der Waals surface area contributed by atoms with Crippen molar-refractivity contribution in [1.29, 1.82) is 0 Å². The lowest BCUT2D eigenvalue weighted by Gasteiger charge is -2.28. The van der Waals surface area contributed by atoms with Gasteiger partial charge in [-0.05, 0) is 51.0 Å². The third-order valence-corrected chi connectivity index (χ3v) is 7.42. The number of ether oxygens (including phenoxy) is 1. The first-order valence-corrected chi connectivity index (χ1v) is 10.7. The molecular weight excluding hydrogens is 364 g/mol. The van der Waals surface area contributed by atoms with Crippen LogP contribution in [0.5, 0.6) is 0 Å². The van der Waals surface area contributed by atoms with Crippen molar-refractivity contribution in [3.63, 3.8) is 0 Å². The van der Waals surface area contributed by atoms with Crippen molar-refractivity contribution in [2.75, 3.05) is 6.61 Å². The van der Waals surface area contributed by atoms with Crippen LogP contribution in [-0.2, 0) is 25.2 Å². The third-order valence-electron chi connectivity index (χ3n) is 4.83. The lowest BCUT2D eigenvalue weighted by Crippen LogP contribution is -2.32. The van der Waals surface area contributed by atoms with Gasteiger partial charge in [0.05, 0.1) is 16.8 Å². The highest BCUT2D eigenvalue weighted by atomic mass is 35.7. The molecule has 0 saturated heterocycles. The summed E-state index contributed by atoms with van der Waals surface area (Å²) in [6, 6.07) is 9.65. The smallest absolute Gasteiger partial charge is 0.309 e. The van der Waals surface area contributed by atoms with E-state index in [9.17, 15) is 18.3 Å². The minimum absolute atomic E-state index is 0.189. The van der Waals surface area contributed by atoms with E-state index in [4.69, 9.17) is 15.4 Å². The maximum absolute atomic E-state index is 11.9. The van der Waals surface area contributed by atoms with Crippen molar-refractivity contribution in [3.05, 3.63) is 35.9 Å². The largest absolute Gasteiger partial charge is 0.481 e. The predicted octanol–water partition coefficient (Wildman–Crippen LogP) is 3.81. The molecule has 2 rings (SSSR count). The van der Waals surface area contributed by atoms with Gasteiger partial charge in [-0.3, -0.25) is 4.79 Å². The Balaban J connectivity index is 2.03. The van der Waals surface area contributed by atoms with Gasteiger partial charge in [-0.15, -0.1) is 0 Å². The summed E-state index contributed by atoms with van der Waals surface area (Å²) in [5.74, 6) is -1.09. The number of carboxylic acid groups (broad SMARTS) is 1. The van der Waals surface area contributed by atoms with Crippen LogP contribution in [0.15, 0.2) is 30.3 Å². The summed E-state index contributed by atoms with van der Waals surface area (Å²) >= 11 is 0. The average molecular weight is 389 g/mol. The van der Waals surface area contributed by atoms with E-state index in [1.165, 1.54) is 0 Å². The van der Waals surface area contributed by atoms with Crippen molar-refractivity contribution in [3.8, 4) is 0 Å². The molecule has 0 radical (unpaired) electrons. The lowest BCUT2D eigenvalue weighted by atomic mass is 9.81. The van der Waals surface area contributed by atoms with E-state index in [1.54, 1.807) is 13.8 Å². The van der Waals surface area contributed by atoms with E-state index in [0.717, 1.165) is 5.56 Å². The summed E-state index contributed by atoms with van der Waals surface area (Å²) < 4.78 is 28.6. The van der Waals surface area contributed by atoms with Crippen LogP contribution < -0.4 is 0 Å². The van der Waals surface area contributed by atoms with E-state index in [2.05, 4.69) is 0 Å². The van der Waals surface area contributed by atoms with Gasteiger partial charge in [0, 0.05) is 17.3 Å². The zero-order valence-electron chi connectivity index (χ0n) is 14.6. The molecule has 140 valence electrons. The van der Waals surface area contributed by atoms with Gasteiger partial charge in [-0.1, -0.05) is 30.3 Å².